The number of imidazole rings is 1. The van der Waals surface area contributed by atoms with Crippen LogP contribution in [-0.4, -0.2) is 75.7 Å². The van der Waals surface area contributed by atoms with Gasteiger partial charge in [-0.05, 0) is 111 Å². The number of carbonyl (C=O) groups excluding carboxylic acids is 2. The van der Waals surface area contributed by atoms with Crippen molar-refractivity contribution in [3.8, 4) is 16.9 Å². The lowest BCUT2D eigenvalue weighted by molar-refractivity contribution is -0.148. The Morgan fingerprint density at radius 3 is 2.50 bits per heavy atom. The second kappa shape index (κ2) is 16.8. The predicted molar refractivity (Wildman–Crippen MR) is 220 cm³/mol. The summed E-state index contributed by atoms with van der Waals surface area (Å²) in [6.07, 6.45) is 9.17. The molecular formula is C45H53FN6O6. The molecule has 2 aliphatic carbocycles. The number of hydrogen-bond donors (Lipinski definition) is 3. The van der Waals surface area contributed by atoms with E-state index in [2.05, 4.69) is 20.5 Å². The third kappa shape index (κ3) is 8.15. The quantitative estimate of drug-likeness (QED) is 0.105. The molecule has 1 amide bonds. The van der Waals surface area contributed by atoms with Crippen LogP contribution in [0.1, 0.15) is 95.4 Å². The average molecular weight is 793 g/mol. The van der Waals surface area contributed by atoms with Crippen LogP contribution in [0, 0.1) is 24.7 Å². The first-order valence-corrected chi connectivity index (χ1v) is 20.1. The number of hydrogen-bond acceptors (Lipinski definition) is 9. The monoisotopic (exact) mass is 792 g/mol. The number of benzene rings is 2. The Labute approximate surface area is 338 Å². The number of esters is 1. The van der Waals surface area contributed by atoms with E-state index in [9.17, 15) is 19.5 Å². The number of halogens is 1. The van der Waals surface area contributed by atoms with Crippen LogP contribution < -0.4 is 15.4 Å². The van der Waals surface area contributed by atoms with Crippen molar-refractivity contribution in [2.24, 2.45) is 17.9 Å². The fourth-order valence-corrected chi connectivity index (χ4v) is 9.31. The molecule has 2 fully saturated rings. The number of ether oxygens (including phenoxy) is 2. The molecule has 0 unspecified atom stereocenters. The Hall–Kier alpha value is -5.40. The van der Waals surface area contributed by atoms with E-state index in [1.165, 1.54) is 25.4 Å². The number of rotatable bonds is 15. The number of carbonyl (C=O) groups is 3. The largest absolute Gasteiger partial charge is 0.496 e. The number of carboxylic acid groups (broad SMARTS) is 1. The lowest BCUT2D eigenvalue weighted by Gasteiger charge is -2.32. The predicted octanol–water partition coefficient (Wildman–Crippen LogP) is 7.26. The van der Waals surface area contributed by atoms with Gasteiger partial charge < -0.3 is 29.8 Å². The number of aliphatic carboxylic acids is 1. The Kier molecular flexibility index (Phi) is 11.8. The van der Waals surface area contributed by atoms with Gasteiger partial charge in [0.15, 0.2) is 5.82 Å². The Morgan fingerprint density at radius 2 is 1.79 bits per heavy atom. The van der Waals surface area contributed by atoms with E-state index in [-0.39, 0.29) is 29.5 Å². The maximum absolute atomic E-state index is 15.8. The molecule has 3 aliphatic rings. The van der Waals surface area contributed by atoms with E-state index in [0.29, 0.717) is 48.1 Å². The van der Waals surface area contributed by atoms with Crippen LogP contribution in [0.15, 0.2) is 48.7 Å². The van der Waals surface area contributed by atoms with E-state index >= 15 is 4.39 Å². The molecule has 3 N–H and O–H groups in total. The molecule has 4 aromatic rings. The number of nitrogens with one attached hydrogen (secondary N) is 2. The van der Waals surface area contributed by atoms with Gasteiger partial charge in [0.05, 0.1) is 31.4 Å². The van der Waals surface area contributed by atoms with E-state index in [4.69, 9.17) is 14.5 Å². The van der Waals surface area contributed by atoms with Gasteiger partial charge in [-0.25, -0.2) is 9.37 Å². The standard InChI is InChI=1S/C45H53FN6O6/c1-6-58-40(53)25-47-23-31-24-48-36(22-39(31)57-5)34(46)21-30-9-7-10-32(28(30)2)33-11-8-12-35(29(33)3)50-42(54)41-49-37-26-52(19-13-38(37)51(41)4)20-18-44-14-16-45(27-44,17-15-44)43(55)56/h7-12,21-22,24,47H,6,13-20,23,25-27H2,1-5H3,(H,50,54)(H,55,56)/b34-21-. The van der Waals surface area contributed by atoms with E-state index in [1.54, 1.807) is 6.92 Å². The van der Waals surface area contributed by atoms with E-state index in [1.807, 2.05) is 61.9 Å². The summed E-state index contributed by atoms with van der Waals surface area (Å²) in [5, 5.41) is 15.9. The number of amides is 1. The van der Waals surface area contributed by atoms with Crippen molar-refractivity contribution in [3.05, 3.63) is 93.8 Å². The normalized spacial score (nSPS) is 20.2. The van der Waals surface area contributed by atoms with Crippen LogP contribution in [0.5, 0.6) is 5.75 Å². The van der Waals surface area contributed by atoms with Crippen LogP contribution in [0.3, 0.4) is 0 Å². The fourth-order valence-electron chi connectivity index (χ4n) is 9.31. The molecule has 2 saturated carbocycles. The van der Waals surface area contributed by atoms with Crippen LogP contribution >= 0.6 is 0 Å². The minimum Gasteiger partial charge on any atom is -0.496 e. The second-order valence-corrected chi connectivity index (χ2v) is 16.2. The third-order valence-corrected chi connectivity index (χ3v) is 12.8. The highest BCUT2D eigenvalue weighted by molar-refractivity contribution is 6.03. The van der Waals surface area contributed by atoms with Crippen LogP contribution in [0.4, 0.5) is 10.1 Å². The summed E-state index contributed by atoms with van der Waals surface area (Å²) in [6, 6.07) is 13.0. The Bertz CT molecular complexity index is 2260. The molecule has 1 aliphatic heterocycles. The van der Waals surface area contributed by atoms with Gasteiger partial charge in [-0.15, -0.1) is 0 Å². The van der Waals surface area contributed by atoms with Crippen molar-refractivity contribution in [2.75, 3.05) is 38.7 Å². The molecule has 0 spiro atoms. The van der Waals surface area contributed by atoms with Gasteiger partial charge in [-0.1, -0.05) is 30.3 Å². The summed E-state index contributed by atoms with van der Waals surface area (Å²) < 4.78 is 28.1. The lowest BCUT2D eigenvalue weighted by Crippen LogP contribution is -2.34. The van der Waals surface area contributed by atoms with Gasteiger partial charge in [-0.3, -0.25) is 24.3 Å². The van der Waals surface area contributed by atoms with Crippen LogP contribution in [0.2, 0.25) is 0 Å². The van der Waals surface area contributed by atoms with Crippen molar-refractivity contribution < 1.29 is 33.4 Å². The van der Waals surface area contributed by atoms with Gasteiger partial charge >= 0.3 is 11.9 Å². The van der Waals surface area contributed by atoms with Crippen molar-refractivity contribution in [3.63, 3.8) is 0 Å². The number of fused-ring (bicyclic) bond motifs is 3. The molecule has 2 bridgehead atoms. The zero-order valence-electron chi connectivity index (χ0n) is 34.0. The van der Waals surface area contributed by atoms with Crippen molar-refractivity contribution >= 4 is 35.4 Å². The molecule has 0 saturated heterocycles. The van der Waals surface area contributed by atoms with Crippen molar-refractivity contribution in [1.82, 2.24) is 24.8 Å². The molecule has 3 heterocycles. The molecule has 12 nitrogen and oxygen atoms in total. The molecule has 0 radical (unpaired) electrons. The van der Waals surface area contributed by atoms with Gasteiger partial charge in [0.25, 0.3) is 5.91 Å². The summed E-state index contributed by atoms with van der Waals surface area (Å²) in [6.45, 7) is 8.72. The van der Waals surface area contributed by atoms with E-state index < -0.39 is 17.2 Å². The molecular weight excluding hydrogens is 740 g/mol. The molecule has 2 aromatic heterocycles. The lowest BCUT2D eigenvalue weighted by atomic mass is 9.80. The van der Waals surface area contributed by atoms with Gasteiger partial charge in [0.2, 0.25) is 0 Å². The average Bonchev–Trinajstić information content (AvgIpc) is 3.90. The number of pyridine rings is 1. The number of carboxylic acids is 1. The summed E-state index contributed by atoms with van der Waals surface area (Å²) in [4.78, 5) is 49.0. The number of aromatic nitrogens is 3. The number of nitrogens with zero attached hydrogens (tertiary/aromatic N) is 4. The first-order valence-electron chi connectivity index (χ1n) is 20.1. The van der Waals surface area contributed by atoms with Crippen molar-refractivity contribution in [1.29, 1.82) is 0 Å². The first-order chi connectivity index (χ1) is 27.9. The summed E-state index contributed by atoms with van der Waals surface area (Å²) >= 11 is 0. The number of anilines is 1. The zero-order valence-corrected chi connectivity index (χ0v) is 34.0. The molecule has 58 heavy (non-hydrogen) atoms. The van der Waals surface area contributed by atoms with E-state index in [0.717, 1.165) is 91.7 Å². The molecule has 13 heteroatoms. The van der Waals surface area contributed by atoms with Gasteiger partial charge in [-0.2, -0.15) is 0 Å². The minimum atomic E-state index is -0.625. The Morgan fingerprint density at radius 1 is 1.05 bits per heavy atom. The minimum absolute atomic E-state index is 0.0324. The van der Waals surface area contributed by atoms with Gasteiger partial charge in [0.1, 0.15) is 17.3 Å². The fraction of sp³-hybridized carbons (Fsp3) is 0.444. The van der Waals surface area contributed by atoms with Gasteiger partial charge in [0, 0.05) is 62.3 Å². The maximum atomic E-state index is 15.8. The molecule has 306 valence electrons. The SMILES string of the molecule is CCOC(=O)CNCc1cnc(/C(F)=C/c2cccc(-c3cccc(NC(=O)c4nc5c(n4C)CCN(CCC46CCC(C(=O)O)(CC4)C6)C5)c3C)c2C)cc1OC. The zero-order chi connectivity index (χ0) is 41.2. The summed E-state index contributed by atoms with van der Waals surface area (Å²) in [5.74, 6) is -1.01. The topological polar surface area (TPSA) is 148 Å². The highest BCUT2D eigenvalue weighted by atomic mass is 19.1. The molecule has 2 aromatic carbocycles. The Balaban J connectivity index is 1.02. The molecule has 7 rings (SSSR count). The third-order valence-electron chi connectivity index (χ3n) is 12.8. The highest BCUT2D eigenvalue weighted by Gasteiger charge is 2.57. The first kappa shape index (κ1) is 40.8. The number of methoxy groups -OCH3 is 1. The maximum Gasteiger partial charge on any atom is 0.319 e. The van der Waals surface area contributed by atoms with Crippen molar-refractivity contribution in [2.45, 2.75) is 78.8 Å². The second-order valence-electron chi connectivity index (χ2n) is 16.2. The van der Waals surface area contributed by atoms with Crippen LogP contribution in [0.25, 0.3) is 23.0 Å². The van der Waals surface area contributed by atoms with Crippen LogP contribution in [-0.2, 0) is 40.9 Å². The smallest absolute Gasteiger partial charge is 0.319 e. The summed E-state index contributed by atoms with van der Waals surface area (Å²) in [5.41, 5.74) is 7.29. The molecule has 0 atom stereocenters. The summed E-state index contributed by atoms with van der Waals surface area (Å²) in [7, 11) is 3.40. The highest BCUT2D eigenvalue weighted by Crippen LogP contribution is 2.63.